The van der Waals surface area contributed by atoms with Gasteiger partial charge in [0.2, 0.25) is 0 Å². The average molecular weight is 426 g/mol. The molecule has 0 radical (unpaired) electrons. The molecule has 0 aliphatic carbocycles. The largest absolute Gasteiger partial charge is 0.435 e. The van der Waals surface area contributed by atoms with Crippen LogP contribution in [0.5, 0.6) is 0 Å². The van der Waals surface area contributed by atoms with Gasteiger partial charge in [0, 0.05) is 31.2 Å². The summed E-state index contributed by atoms with van der Waals surface area (Å²) in [5, 5.41) is 5.49. The second-order valence-corrected chi connectivity index (χ2v) is 7.02. The number of alkyl halides is 4. The van der Waals surface area contributed by atoms with Crippen LogP contribution in [0.1, 0.15) is 30.6 Å². The topological polar surface area (TPSA) is 92.3 Å². The summed E-state index contributed by atoms with van der Waals surface area (Å²) in [5.74, 6) is 0.126. The van der Waals surface area contributed by atoms with Gasteiger partial charge in [0.15, 0.2) is 6.10 Å². The van der Waals surface area contributed by atoms with Gasteiger partial charge >= 0.3 is 6.09 Å². The van der Waals surface area contributed by atoms with E-state index in [0.717, 1.165) is 12.4 Å². The van der Waals surface area contributed by atoms with Crippen LogP contribution in [0.4, 0.5) is 34.0 Å². The van der Waals surface area contributed by atoms with Gasteiger partial charge in [-0.1, -0.05) is 0 Å². The number of hydrogen-bond acceptors (Lipinski definition) is 7. The Morgan fingerprint density at radius 3 is 2.73 bits per heavy atom. The Labute approximate surface area is 168 Å². The number of cyclic esters (lactones) is 1. The number of fused-ring (bicyclic) bond motifs is 1. The molecule has 0 spiro atoms. The van der Waals surface area contributed by atoms with Crippen molar-refractivity contribution in [3.8, 4) is 11.4 Å². The predicted molar refractivity (Wildman–Crippen MR) is 98.7 cm³/mol. The van der Waals surface area contributed by atoms with Gasteiger partial charge in [0.1, 0.15) is 23.7 Å². The van der Waals surface area contributed by atoms with Crippen molar-refractivity contribution in [2.24, 2.45) is 0 Å². The molecule has 8 nitrogen and oxygen atoms in total. The van der Waals surface area contributed by atoms with Gasteiger partial charge in [-0.2, -0.15) is 0 Å². The van der Waals surface area contributed by atoms with Crippen LogP contribution >= 0.6 is 0 Å². The number of carbonyl (C=O) groups is 1. The molecule has 4 rings (SSSR count). The Balaban J connectivity index is 1.85. The summed E-state index contributed by atoms with van der Waals surface area (Å²) in [5.41, 5.74) is -0.649. The van der Waals surface area contributed by atoms with E-state index >= 15 is 0 Å². The maximum atomic E-state index is 13.6. The number of pyridine rings is 1. The fourth-order valence-electron chi connectivity index (χ4n) is 3.53. The number of anilines is 2. The van der Waals surface area contributed by atoms with Crippen LogP contribution < -0.4 is 15.5 Å². The summed E-state index contributed by atoms with van der Waals surface area (Å²) in [6.07, 6.45) is -7.84. The molecule has 0 bridgehead atoms. The highest BCUT2D eigenvalue weighted by molar-refractivity contribution is 5.88. The van der Waals surface area contributed by atoms with E-state index in [1.54, 1.807) is 0 Å². The maximum absolute atomic E-state index is 13.6. The molecule has 160 valence electrons. The van der Waals surface area contributed by atoms with Crippen molar-refractivity contribution in [3.63, 3.8) is 0 Å². The molecule has 1 fully saturated rings. The number of ether oxygens (including phenoxy) is 1. The van der Waals surface area contributed by atoms with Crippen LogP contribution in [-0.4, -0.2) is 53.1 Å². The van der Waals surface area contributed by atoms with E-state index in [-0.39, 0.29) is 40.2 Å². The van der Waals surface area contributed by atoms with E-state index in [2.05, 4.69) is 25.6 Å². The third-order valence-electron chi connectivity index (χ3n) is 4.87. The van der Waals surface area contributed by atoms with Crippen molar-refractivity contribution < 1.29 is 27.1 Å². The third-order valence-corrected chi connectivity index (χ3v) is 4.87. The van der Waals surface area contributed by atoms with Gasteiger partial charge in [-0.25, -0.2) is 37.3 Å². The van der Waals surface area contributed by atoms with Crippen LogP contribution in [0.25, 0.3) is 11.4 Å². The number of piperazine rings is 1. The second kappa shape index (κ2) is 8.01. The second-order valence-electron chi connectivity index (χ2n) is 7.02. The van der Waals surface area contributed by atoms with Crippen LogP contribution in [0.15, 0.2) is 18.5 Å². The number of carbonyl (C=O) groups excluding carboxylic acids is 1. The maximum Gasteiger partial charge on any atom is 0.413 e. The molecular weight excluding hydrogens is 408 g/mol. The molecule has 2 aromatic rings. The first-order valence-corrected chi connectivity index (χ1v) is 9.23. The van der Waals surface area contributed by atoms with Crippen molar-refractivity contribution in [1.29, 1.82) is 0 Å². The first-order valence-electron chi connectivity index (χ1n) is 9.23. The van der Waals surface area contributed by atoms with E-state index in [9.17, 15) is 22.4 Å². The molecule has 1 saturated heterocycles. The zero-order valence-electron chi connectivity index (χ0n) is 15.8. The molecule has 4 heterocycles. The number of nitrogens with one attached hydrogen (secondary N) is 2. The van der Waals surface area contributed by atoms with Crippen molar-refractivity contribution in [2.45, 2.75) is 31.9 Å². The minimum absolute atomic E-state index is 0.0296. The minimum Gasteiger partial charge on any atom is -0.435 e. The van der Waals surface area contributed by atoms with E-state index in [1.165, 1.54) is 6.07 Å². The molecule has 2 N–H and O–H groups in total. The first-order chi connectivity index (χ1) is 14.3. The van der Waals surface area contributed by atoms with Gasteiger partial charge in [0.25, 0.3) is 12.9 Å². The lowest BCUT2D eigenvalue weighted by Crippen LogP contribution is -2.49. The number of rotatable bonds is 4. The van der Waals surface area contributed by atoms with Crippen LogP contribution in [0.3, 0.4) is 0 Å². The molecule has 0 unspecified atom stereocenters. The monoisotopic (exact) mass is 426 g/mol. The fraction of sp³-hybridized carbons (Fsp3) is 0.444. The summed E-state index contributed by atoms with van der Waals surface area (Å²) in [4.78, 5) is 25.7. The SMILES string of the molecule is C[C@H]1CN(c2cc(C(F)F)cc(-c3ncnc4c3[C@H](C(F)F)OC(=O)N4)n2)CCN1. The van der Waals surface area contributed by atoms with Gasteiger partial charge in [-0.3, -0.25) is 5.32 Å². The molecular formula is C18H18F4N6O2. The van der Waals surface area contributed by atoms with E-state index in [0.29, 0.717) is 19.6 Å². The molecule has 0 aromatic carbocycles. The van der Waals surface area contributed by atoms with Gasteiger partial charge in [-0.15, -0.1) is 0 Å². The molecule has 2 aliphatic heterocycles. The molecule has 2 atom stereocenters. The van der Waals surface area contributed by atoms with Gasteiger partial charge in [-0.05, 0) is 19.1 Å². The molecule has 2 aromatic heterocycles. The molecule has 2 aliphatic rings. The van der Waals surface area contributed by atoms with Crippen LogP contribution in [-0.2, 0) is 4.74 Å². The lowest BCUT2D eigenvalue weighted by atomic mass is 10.0. The summed E-state index contributed by atoms with van der Waals surface area (Å²) in [6, 6.07) is 2.50. The number of halogens is 4. The average Bonchev–Trinajstić information content (AvgIpc) is 2.72. The molecule has 12 heteroatoms. The number of aromatic nitrogens is 3. The summed E-state index contributed by atoms with van der Waals surface area (Å²) < 4.78 is 59.0. The van der Waals surface area contributed by atoms with E-state index in [4.69, 9.17) is 4.74 Å². The number of nitrogens with zero attached hydrogens (tertiary/aromatic N) is 4. The number of hydrogen-bond donors (Lipinski definition) is 2. The third kappa shape index (κ3) is 3.86. The highest BCUT2D eigenvalue weighted by Crippen LogP contribution is 2.39. The van der Waals surface area contributed by atoms with Crippen molar-refractivity contribution in [2.75, 3.05) is 29.9 Å². The zero-order valence-corrected chi connectivity index (χ0v) is 15.8. The highest BCUT2D eigenvalue weighted by Gasteiger charge is 2.38. The fourth-order valence-corrected chi connectivity index (χ4v) is 3.53. The van der Waals surface area contributed by atoms with Crippen LogP contribution in [0, 0.1) is 0 Å². The first kappa shape index (κ1) is 20.3. The van der Waals surface area contributed by atoms with Crippen molar-refractivity contribution >= 4 is 17.7 Å². The van der Waals surface area contributed by atoms with Crippen molar-refractivity contribution in [3.05, 3.63) is 29.6 Å². The summed E-state index contributed by atoms with van der Waals surface area (Å²) in [7, 11) is 0. The molecule has 30 heavy (non-hydrogen) atoms. The minimum atomic E-state index is -3.06. The normalized spacial score (nSPS) is 21.4. The molecule has 0 saturated carbocycles. The Bertz CT molecular complexity index is 960. The summed E-state index contributed by atoms with van der Waals surface area (Å²) in [6.45, 7) is 3.69. The van der Waals surface area contributed by atoms with E-state index < -0.39 is 25.0 Å². The van der Waals surface area contributed by atoms with Gasteiger partial charge in [0.05, 0.1) is 11.3 Å². The van der Waals surface area contributed by atoms with Crippen molar-refractivity contribution in [1.82, 2.24) is 20.3 Å². The van der Waals surface area contributed by atoms with Crippen LogP contribution in [0.2, 0.25) is 0 Å². The van der Waals surface area contributed by atoms with Gasteiger partial charge < -0.3 is 15.0 Å². The Kier molecular flexibility index (Phi) is 5.41. The molecule has 1 amide bonds. The lowest BCUT2D eigenvalue weighted by Gasteiger charge is -2.33. The predicted octanol–water partition coefficient (Wildman–Crippen LogP) is 3.14. The zero-order chi connectivity index (χ0) is 21.4. The Morgan fingerprint density at radius 1 is 1.23 bits per heavy atom. The highest BCUT2D eigenvalue weighted by atomic mass is 19.3. The quantitative estimate of drug-likeness (QED) is 0.726. The summed E-state index contributed by atoms with van der Waals surface area (Å²) >= 11 is 0. The Hall–Kier alpha value is -3.02. The Morgan fingerprint density at radius 2 is 2.03 bits per heavy atom. The smallest absolute Gasteiger partial charge is 0.413 e. The number of amides is 1. The van der Waals surface area contributed by atoms with E-state index in [1.807, 2.05) is 11.8 Å². The standard InChI is InChI=1S/C18H18F4N6O2/c1-8-6-28(3-2-23-8)11-5-9(15(19)20)4-10(26-11)13-12-14(16(21)22)30-18(29)27-17(12)25-7-24-13/h4-5,7-8,14-16,23H,2-3,6H2,1H3,(H,24,25,27,29)/t8-,14+/m0/s1. The lowest BCUT2D eigenvalue weighted by molar-refractivity contribution is -0.0170.